The van der Waals surface area contributed by atoms with Crippen LogP contribution in [0, 0.1) is 5.92 Å². The summed E-state index contributed by atoms with van der Waals surface area (Å²) < 4.78 is 22.0. The number of amides is 2. The van der Waals surface area contributed by atoms with Crippen molar-refractivity contribution in [2.45, 2.75) is 75.5 Å². The van der Waals surface area contributed by atoms with Crippen LogP contribution in [-0.4, -0.2) is 105 Å². The van der Waals surface area contributed by atoms with Gasteiger partial charge in [-0.3, -0.25) is 19.2 Å². The molecule has 11 nitrogen and oxygen atoms in total. The number of nitrogens with one attached hydrogen (secondary N) is 2. The Balaban J connectivity index is 1.03. The van der Waals surface area contributed by atoms with E-state index in [1.807, 2.05) is 17.8 Å². The van der Waals surface area contributed by atoms with Crippen molar-refractivity contribution in [3.63, 3.8) is 0 Å². The van der Waals surface area contributed by atoms with E-state index in [0.29, 0.717) is 120 Å². The van der Waals surface area contributed by atoms with E-state index < -0.39 is 0 Å². The molecule has 1 aromatic carbocycles. The molecule has 2 saturated heterocycles. The van der Waals surface area contributed by atoms with E-state index in [0.717, 1.165) is 37.0 Å². The number of phenolic OH excluding ortho intramolecular Hbond substituents is 1. The maximum absolute atomic E-state index is 12.2. The SMILES string of the molecule is CNC(=O)/C=C/c1ccc(CCC(=O)CCOCCOCCOCCOCCCC(=O)CCCCC2SCC3NC(=O)CC32)cc1O. The van der Waals surface area contributed by atoms with Gasteiger partial charge in [0.15, 0.2) is 0 Å². The third-order valence-electron chi connectivity index (χ3n) is 8.28. The molecule has 0 aromatic heterocycles. The van der Waals surface area contributed by atoms with Gasteiger partial charge < -0.3 is 34.7 Å². The highest BCUT2D eigenvalue weighted by atomic mass is 32.2. The number of fused-ring (bicyclic) bond motifs is 1. The Bertz CT molecular complexity index is 1160. The highest BCUT2D eigenvalue weighted by Gasteiger charge is 2.42. The van der Waals surface area contributed by atoms with E-state index in [4.69, 9.17) is 18.9 Å². The number of benzene rings is 1. The zero-order valence-electron chi connectivity index (χ0n) is 27.7. The minimum Gasteiger partial charge on any atom is -0.507 e. The van der Waals surface area contributed by atoms with Gasteiger partial charge in [-0.05, 0) is 43.4 Å². The molecule has 3 rings (SSSR count). The number of aromatic hydroxyl groups is 1. The molecule has 2 aliphatic heterocycles. The van der Waals surface area contributed by atoms with Crippen molar-refractivity contribution in [1.29, 1.82) is 0 Å². The van der Waals surface area contributed by atoms with Gasteiger partial charge in [-0.1, -0.05) is 18.6 Å². The standard InChI is InChI=1S/C35H52N2O9S/c1-36-34(41)13-11-27-10-8-26(23-32(27)40)9-12-29(39)14-16-44-18-20-46-22-21-45-19-17-43-15-4-6-28(38)5-2-3-7-33-30-24-35(42)37-31(30)25-47-33/h8,10-11,13,23,30-31,33,40H,2-7,9,12,14-22,24-25H2,1H3,(H,36,41)(H,37,42)/b13-11+. The van der Waals surface area contributed by atoms with E-state index in [2.05, 4.69) is 10.6 Å². The Morgan fingerprint density at radius 1 is 0.894 bits per heavy atom. The van der Waals surface area contributed by atoms with Crippen LogP contribution in [0.15, 0.2) is 24.3 Å². The summed E-state index contributed by atoms with van der Waals surface area (Å²) in [4.78, 5) is 47.2. The smallest absolute Gasteiger partial charge is 0.243 e. The molecular weight excluding hydrogens is 624 g/mol. The van der Waals surface area contributed by atoms with Crippen molar-refractivity contribution in [2.75, 3.05) is 65.7 Å². The second-order valence-electron chi connectivity index (χ2n) is 11.9. The minimum atomic E-state index is -0.254. The molecule has 3 atom stereocenters. The summed E-state index contributed by atoms with van der Waals surface area (Å²) in [7, 11) is 1.53. The number of unbranched alkanes of at least 4 members (excludes halogenated alkanes) is 1. The Morgan fingerprint density at radius 2 is 1.55 bits per heavy atom. The van der Waals surface area contributed by atoms with Crippen molar-refractivity contribution >= 4 is 41.2 Å². The first-order valence-corrected chi connectivity index (χ1v) is 17.9. The van der Waals surface area contributed by atoms with Crippen molar-refractivity contribution in [1.82, 2.24) is 10.6 Å². The average molecular weight is 677 g/mol. The summed E-state index contributed by atoms with van der Waals surface area (Å²) in [5.74, 6) is 1.88. The Hall–Kier alpha value is -2.77. The molecule has 3 unspecified atom stereocenters. The zero-order chi connectivity index (χ0) is 33.7. The van der Waals surface area contributed by atoms with Crippen molar-refractivity contribution in [3.05, 3.63) is 35.4 Å². The predicted molar refractivity (Wildman–Crippen MR) is 181 cm³/mol. The summed E-state index contributed by atoms with van der Waals surface area (Å²) in [5.41, 5.74) is 1.38. The van der Waals surface area contributed by atoms with E-state index in [1.54, 1.807) is 12.1 Å². The largest absolute Gasteiger partial charge is 0.507 e. The first kappa shape index (κ1) is 38.7. The number of carbonyl (C=O) groups is 4. The van der Waals surface area contributed by atoms with Crippen LogP contribution < -0.4 is 10.6 Å². The molecule has 2 heterocycles. The van der Waals surface area contributed by atoms with Crippen molar-refractivity contribution < 1.29 is 43.2 Å². The quantitative estimate of drug-likeness (QED) is 0.0981. The number of ether oxygens (including phenoxy) is 4. The molecule has 2 aliphatic rings. The molecule has 0 bridgehead atoms. The van der Waals surface area contributed by atoms with Crippen LogP contribution in [0.5, 0.6) is 5.75 Å². The monoisotopic (exact) mass is 676 g/mol. The van der Waals surface area contributed by atoms with Gasteiger partial charge in [-0.2, -0.15) is 11.8 Å². The Morgan fingerprint density at radius 3 is 2.26 bits per heavy atom. The van der Waals surface area contributed by atoms with E-state index in [9.17, 15) is 24.3 Å². The maximum Gasteiger partial charge on any atom is 0.243 e. The summed E-state index contributed by atoms with van der Waals surface area (Å²) in [6.07, 6.45) is 9.70. The number of hydrogen-bond acceptors (Lipinski definition) is 10. The molecule has 2 fully saturated rings. The number of phenols is 1. The number of likely N-dealkylation sites (N-methyl/N-ethyl adjacent to an activating group) is 1. The second kappa shape index (κ2) is 22.7. The van der Waals surface area contributed by atoms with E-state index in [-0.39, 0.29) is 23.3 Å². The van der Waals surface area contributed by atoms with Crippen LogP contribution in [0.1, 0.15) is 68.9 Å². The molecule has 262 valence electrons. The molecule has 0 radical (unpaired) electrons. The number of carbonyl (C=O) groups excluding carboxylic acids is 4. The summed E-state index contributed by atoms with van der Waals surface area (Å²) in [5, 5.41) is 16.2. The zero-order valence-corrected chi connectivity index (χ0v) is 28.5. The van der Waals surface area contributed by atoms with Crippen molar-refractivity contribution in [2.24, 2.45) is 5.92 Å². The van der Waals surface area contributed by atoms with Gasteiger partial charge in [0.1, 0.15) is 17.3 Å². The van der Waals surface area contributed by atoms with Gasteiger partial charge in [0.05, 0.1) is 46.2 Å². The number of thioether (sulfide) groups is 1. The predicted octanol–water partition coefficient (Wildman–Crippen LogP) is 3.64. The number of hydrogen-bond donors (Lipinski definition) is 3. The number of Topliss-reactive ketones (excluding diaryl/α,β-unsaturated/α-hetero) is 2. The molecule has 0 aliphatic carbocycles. The van der Waals surface area contributed by atoms with Gasteiger partial charge >= 0.3 is 0 Å². The first-order valence-electron chi connectivity index (χ1n) is 16.8. The Labute approximate surface area is 282 Å². The first-order chi connectivity index (χ1) is 22.9. The van der Waals surface area contributed by atoms with Gasteiger partial charge in [0.2, 0.25) is 11.8 Å². The maximum atomic E-state index is 12.2. The lowest BCUT2D eigenvalue weighted by Gasteiger charge is -2.15. The number of ketones is 2. The fourth-order valence-corrected chi connectivity index (χ4v) is 7.24. The molecule has 47 heavy (non-hydrogen) atoms. The molecule has 0 saturated carbocycles. The summed E-state index contributed by atoms with van der Waals surface area (Å²) >= 11 is 1.97. The lowest BCUT2D eigenvalue weighted by molar-refractivity contribution is -0.120. The summed E-state index contributed by atoms with van der Waals surface area (Å²) in [6.45, 7) is 3.54. The summed E-state index contributed by atoms with van der Waals surface area (Å²) in [6, 6.07) is 5.53. The van der Waals surface area contributed by atoms with E-state index >= 15 is 0 Å². The lowest BCUT2D eigenvalue weighted by atomic mass is 9.94. The lowest BCUT2D eigenvalue weighted by Crippen LogP contribution is -2.29. The molecular formula is C35H52N2O9S. The molecule has 0 spiro atoms. The Kier molecular flexibility index (Phi) is 18.7. The highest BCUT2D eigenvalue weighted by Crippen LogP contribution is 2.40. The topological polar surface area (TPSA) is 149 Å². The fraction of sp³-hybridized carbons (Fsp3) is 0.657. The van der Waals surface area contributed by atoms with Gasteiger partial charge in [0, 0.05) is 80.4 Å². The molecule has 3 N–H and O–H groups in total. The number of rotatable bonds is 26. The highest BCUT2D eigenvalue weighted by molar-refractivity contribution is 8.00. The molecule has 2 amide bonds. The van der Waals surface area contributed by atoms with Crippen molar-refractivity contribution in [3.8, 4) is 5.75 Å². The average Bonchev–Trinajstić information content (AvgIpc) is 3.62. The minimum absolute atomic E-state index is 0.0646. The van der Waals surface area contributed by atoms with Gasteiger partial charge in [-0.15, -0.1) is 0 Å². The second-order valence-corrected chi connectivity index (χ2v) is 13.2. The van der Waals surface area contributed by atoms with Crippen LogP contribution >= 0.6 is 11.8 Å². The van der Waals surface area contributed by atoms with Crippen LogP contribution in [0.2, 0.25) is 0 Å². The number of aryl methyl sites for hydroxylation is 1. The van der Waals surface area contributed by atoms with Gasteiger partial charge in [0.25, 0.3) is 0 Å². The fourth-order valence-electron chi connectivity index (χ4n) is 5.59. The molecule has 12 heteroatoms. The van der Waals surface area contributed by atoms with Crippen LogP contribution in [0.4, 0.5) is 0 Å². The van der Waals surface area contributed by atoms with Crippen LogP contribution in [0.25, 0.3) is 6.08 Å². The molecule has 1 aromatic rings. The van der Waals surface area contributed by atoms with E-state index in [1.165, 1.54) is 19.2 Å². The third-order valence-corrected chi connectivity index (χ3v) is 9.84. The third kappa shape index (κ3) is 15.8. The normalized spacial score (nSPS) is 18.8. The van der Waals surface area contributed by atoms with Crippen LogP contribution in [0.3, 0.4) is 0 Å². The van der Waals surface area contributed by atoms with Crippen LogP contribution in [-0.2, 0) is 44.5 Å². The van der Waals surface area contributed by atoms with Gasteiger partial charge in [-0.25, -0.2) is 0 Å².